The Morgan fingerprint density at radius 2 is 1.74 bits per heavy atom. The first-order valence-electron chi connectivity index (χ1n) is 8.19. The Balaban J connectivity index is 1.65. The molecule has 0 aliphatic carbocycles. The monoisotopic (exact) mass is 335 g/mol. The first kappa shape index (κ1) is 16.3. The van der Waals surface area contributed by atoms with E-state index in [0.717, 1.165) is 43.3 Å². The Morgan fingerprint density at radius 1 is 1.09 bits per heavy atom. The van der Waals surface area contributed by atoms with Crippen molar-refractivity contribution in [3.05, 3.63) is 29.3 Å². The third-order valence-corrected chi connectivity index (χ3v) is 4.90. The predicted molar refractivity (Wildman–Crippen MR) is 90.4 cm³/mol. The molecule has 2 aliphatic heterocycles. The van der Waals surface area contributed by atoms with Gasteiger partial charge in [-0.3, -0.25) is 19.4 Å². The molecule has 0 radical (unpaired) electrons. The molecule has 5 nitrogen and oxygen atoms in total. The molecule has 2 aliphatic rings. The first-order chi connectivity index (χ1) is 11.1. The van der Waals surface area contributed by atoms with Crippen LogP contribution in [0.5, 0.6) is 0 Å². The number of halogens is 1. The van der Waals surface area contributed by atoms with Gasteiger partial charge in [0.1, 0.15) is 0 Å². The number of amides is 2. The summed E-state index contributed by atoms with van der Waals surface area (Å²) in [6, 6.07) is 7.87. The zero-order valence-electron chi connectivity index (χ0n) is 13.4. The Labute approximate surface area is 141 Å². The Kier molecular flexibility index (Phi) is 4.87. The standard InChI is InChI=1S/C17H22ClN3O2/c1-2-15(21-16(22)6-7-17(21)23)20-10-8-19(9-11-20)14-5-3-4-13(18)12-14/h3-5,12,15H,2,6-11H2,1H3. The Morgan fingerprint density at radius 3 is 2.30 bits per heavy atom. The second-order valence-electron chi connectivity index (χ2n) is 6.05. The highest BCUT2D eigenvalue weighted by atomic mass is 35.5. The summed E-state index contributed by atoms with van der Waals surface area (Å²) in [5, 5.41) is 0.740. The number of rotatable bonds is 4. The summed E-state index contributed by atoms with van der Waals surface area (Å²) in [4.78, 5) is 30.0. The van der Waals surface area contributed by atoms with E-state index < -0.39 is 0 Å². The highest BCUT2D eigenvalue weighted by Crippen LogP contribution is 2.24. The number of hydrogen-bond acceptors (Lipinski definition) is 4. The zero-order valence-corrected chi connectivity index (χ0v) is 14.1. The smallest absolute Gasteiger partial charge is 0.231 e. The van der Waals surface area contributed by atoms with Gasteiger partial charge in [0.05, 0.1) is 6.17 Å². The van der Waals surface area contributed by atoms with Crippen LogP contribution in [0, 0.1) is 0 Å². The molecule has 0 N–H and O–H groups in total. The lowest BCUT2D eigenvalue weighted by Crippen LogP contribution is -2.57. The van der Waals surface area contributed by atoms with Crippen molar-refractivity contribution < 1.29 is 9.59 Å². The number of piperazine rings is 1. The number of carbonyl (C=O) groups is 2. The number of anilines is 1. The maximum atomic E-state index is 12.0. The summed E-state index contributed by atoms with van der Waals surface area (Å²) in [5.74, 6) is -0.0572. The summed E-state index contributed by atoms with van der Waals surface area (Å²) in [6.07, 6.45) is 1.39. The van der Waals surface area contributed by atoms with Crippen LogP contribution in [0.3, 0.4) is 0 Å². The van der Waals surface area contributed by atoms with Crippen LogP contribution in [0.1, 0.15) is 26.2 Å². The van der Waals surface area contributed by atoms with Crippen molar-refractivity contribution in [2.45, 2.75) is 32.4 Å². The summed E-state index contributed by atoms with van der Waals surface area (Å²) >= 11 is 6.07. The average molecular weight is 336 g/mol. The van der Waals surface area contributed by atoms with Gasteiger partial charge in [0, 0.05) is 49.7 Å². The molecule has 1 aromatic rings. The van der Waals surface area contributed by atoms with E-state index in [0.29, 0.717) is 12.8 Å². The zero-order chi connectivity index (χ0) is 16.4. The third-order valence-electron chi connectivity index (χ3n) is 4.66. The highest BCUT2D eigenvalue weighted by molar-refractivity contribution is 6.30. The molecule has 0 bridgehead atoms. The van der Waals surface area contributed by atoms with Crippen LogP contribution in [-0.2, 0) is 9.59 Å². The molecule has 0 aromatic heterocycles. The summed E-state index contributed by atoms with van der Waals surface area (Å²) in [5.41, 5.74) is 1.12. The van der Waals surface area contributed by atoms with E-state index in [2.05, 4.69) is 15.9 Å². The van der Waals surface area contributed by atoms with E-state index in [4.69, 9.17) is 11.6 Å². The molecule has 2 fully saturated rings. The Hall–Kier alpha value is -1.59. The van der Waals surface area contributed by atoms with Gasteiger partial charge < -0.3 is 4.90 Å². The van der Waals surface area contributed by atoms with Gasteiger partial charge in [-0.25, -0.2) is 0 Å². The number of carbonyl (C=O) groups excluding carboxylic acids is 2. The largest absolute Gasteiger partial charge is 0.369 e. The van der Waals surface area contributed by atoms with Gasteiger partial charge in [-0.15, -0.1) is 0 Å². The first-order valence-corrected chi connectivity index (χ1v) is 8.57. The van der Waals surface area contributed by atoms with Gasteiger partial charge in [0.25, 0.3) is 0 Å². The lowest BCUT2D eigenvalue weighted by molar-refractivity contribution is -0.146. The molecule has 3 rings (SSSR count). The molecule has 1 atom stereocenters. The van der Waals surface area contributed by atoms with Crippen molar-refractivity contribution in [1.29, 1.82) is 0 Å². The van der Waals surface area contributed by atoms with Gasteiger partial charge in [-0.1, -0.05) is 24.6 Å². The molecular formula is C17H22ClN3O2. The molecule has 124 valence electrons. The van der Waals surface area contributed by atoms with Crippen LogP contribution in [0.2, 0.25) is 5.02 Å². The molecule has 2 heterocycles. The van der Waals surface area contributed by atoms with Crippen molar-refractivity contribution >= 4 is 29.1 Å². The van der Waals surface area contributed by atoms with Crippen molar-refractivity contribution in [3.8, 4) is 0 Å². The van der Waals surface area contributed by atoms with Crippen LogP contribution in [0.4, 0.5) is 5.69 Å². The molecular weight excluding hydrogens is 314 g/mol. The van der Waals surface area contributed by atoms with Crippen LogP contribution in [-0.4, -0.2) is 54.0 Å². The number of imide groups is 1. The van der Waals surface area contributed by atoms with E-state index in [9.17, 15) is 9.59 Å². The van der Waals surface area contributed by atoms with Gasteiger partial charge in [-0.2, -0.15) is 0 Å². The highest BCUT2D eigenvalue weighted by Gasteiger charge is 2.37. The van der Waals surface area contributed by atoms with Crippen molar-refractivity contribution in [2.24, 2.45) is 0 Å². The van der Waals surface area contributed by atoms with E-state index in [1.54, 1.807) is 0 Å². The van der Waals surface area contributed by atoms with E-state index >= 15 is 0 Å². The van der Waals surface area contributed by atoms with Crippen LogP contribution in [0.15, 0.2) is 24.3 Å². The van der Waals surface area contributed by atoms with Gasteiger partial charge in [0.2, 0.25) is 11.8 Å². The molecule has 23 heavy (non-hydrogen) atoms. The molecule has 0 saturated carbocycles. The average Bonchev–Trinajstić information content (AvgIpc) is 2.89. The molecule has 2 saturated heterocycles. The normalized spacial score (nSPS) is 21.1. The summed E-state index contributed by atoms with van der Waals surface area (Å²) in [6.45, 7) is 5.44. The van der Waals surface area contributed by atoms with E-state index in [-0.39, 0.29) is 18.0 Å². The predicted octanol–water partition coefficient (Wildman–Crippen LogP) is 2.35. The van der Waals surface area contributed by atoms with Crippen LogP contribution >= 0.6 is 11.6 Å². The van der Waals surface area contributed by atoms with Crippen LogP contribution in [0.25, 0.3) is 0 Å². The van der Waals surface area contributed by atoms with Crippen LogP contribution < -0.4 is 4.90 Å². The van der Waals surface area contributed by atoms with Crippen molar-refractivity contribution in [1.82, 2.24) is 9.80 Å². The molecule has 6 heteroatoms. The maximum Gasteiger partial charge on any atom is 0.231 e. The lowest BCUT2D eigenvalue weighted by Gasteiger charge is -2.42. The minimum absolute atomic E-state index is 0.0286. The van der Waals surface area contributed by atoms with Gasteiger partial charge in [-0.05, 0) is 24.6 Å². The second-order valence-corrected chi connectivity index (χ2v) is 6.49. The quantitative estimate of drug-likeness (QED) is 0.792. The number of nitrogens with zero attached hydrogens (tertiary/aromatic N) is 3. The maximum absolute atomic E-state index is 12.0. The van der Waals surface area contributed by atoms with Gasteiger partial charge in [0.15, 0.2) is 0 Å². The van der Waals surface area contributed by atoms with Crippen molar-refractivity contribution in [3.63, 3.8) is 0 Å². The number of likely N-dealkylation sites (tertiary alicyclic amines) is 1. The van der Waals surface area contributed by atoms with Gasteiger partial charge >= 0.3 is 0 Å². The molecule has 0 spiro atoms. The number of benzene rings is 1. The van der Waals surface area contributed by atoms with E-state index in [1.165, 1.54) is 4.90 Å². The third kappa shape index (κ3) is 3.35. The summed E-state index contributed by atoms with van der Waals surface area (Å²) in [7, 11) is 0. The molecule has 1 unspecified atom stereocenters. The number of hydrogen-bond donors (Lipinski definition) is 0. The molecule has 1 aromatic carbocycles. The van der Waals surface area contributed by atoms with Crippen molar-refractivity contribution in [2.75, 3.05) is 31.1 Å². The van der Waals surface area contributed by atoms with E-state index in [1.807, 2.05) is 25.1 Å². The minimum atomic E-state index is -0.0981. The SMILES string of the molecule is CCC(N1CCN(c2cccc(Cl)c2)CC1)N1C(=O)CCC1=O. The fourth-order valence-electron chi connectivity index (χ4n) is 3.48. The second kappa shape index (κ2) is 6.89. The fraction of sp³-hybridized carbons (Fsp3) is 0.529. The molecule has 2 amide bonds. The lowest BCUT2D eigenvalue weighted by atomic mass is 10.2. The Bertz CT molecular complexity index is 583. The summed E-state index contributed by atoms with van der Waals surface area (Å²) < 4.78 is 0. The minimum Gasteiger partial charge on any atom is -0.369 e. The topological polar surface area (TPSA) is 43.9 Å². The fourth-order valence-corrected chi connectivity index (χ4v) is 3.67.